The van der Waals surface area contributed by atoms with Crippen LogP contribution in [0, 0.1) is 0 Å². The second-order valence-corrected chi connectivity index (χ2v) is 5.47. The Bertz CT molecular complexity index is 366. The van der Waals surface area contributed by atoms with Gasteiger partial charge in [-0.25, -0.2) is 0 Å². The lowest BCUT2D eigenvalue weighted by Crippen LogP contribution is -2.29. The van der Waals surface area contributed by atoms with Crippen LogP contribution in [0.25, 0.3) is 0 Å². The van der Waals surface area contributed by atoms with E-state index in [1.165, 1.54) is 11.8 Å². The van der Waals surface area contributed by atoms with Crippen LogP contribution in [-0.4, -0.2) is 23.3 Å². The zero-order valence-electron chi connectivity index (χ0n) is 9.64. The van der Waals surface area contributed by atoms with Gasteiger partial charge in [-0.3, -0.25) is 9.59 Å². The molecule has 0 radical (unpaired) electrons. The first kappa shape index (κ1) is 14.1. The first-order chi connectivity index (χ1) is 8.13. The molecule has 0 aromatic carbocycles. The molecular weight excluding hydrogens is 256 g/mol. The van der Waals surface area contributed by atoms with E-state index in [1.54, 1.807) is 11.3 Å². The van der Waals surface area contributed by atoms with E-state index in [9.17, 15) is 9.59 Å². The van der Waals surface area contributed by atoms with Crippen LogP contribution in [-0.2, 0) is 9.59 Å². The van der Waals surface area contributed by atoms with Crippen molar-refractivity contribution in [2.45, 2.75) is 19.4 Å². The van der Waals surface area contributed by atoms with E-state index in [4.69, 9.17) is 5.73 Å². The van der Waals surface area contributed by atoms with Crippen LogP contribution in [0.1, 0.15) is 24.3 Å². The lowest BCUT2D eigenvalue weighted by atomic mass is 10.2. The average molecular weight is 272 g/mol. The number of thioether (sulfide) groups is 1. The van der Waals surface area contributed by atoms with Gasteiger partial charge in [-0.1, -0.05) is 13.0 Å². The van der Waals surface area contributed by atoms with Gasteiger partial charge in [0, 0.05) is 4.88 Å². The van der Waals surface area contributed by atoms with Crippen LogP contribution >= 0.6 is 23.1 Å². The third kappa shape index (κ3) is 5.23. The second-order valence-electron chi connectivity index (χ2n) is 3.50. The van der Waals surface area contributed by atoms with Crippen LogP contribution in [0.3, 0.4) is 0 Å². The highest BCUT2D eigenvalue weighted by atomic mass is 32.2. The first-order valence-corrected chi connectivity index (χ1v) is 7.35. The summed E-state index contributed by atoms with van der Waals surface area (Å²) in [6.45, 7) is 2.03. The number of nitrogens with one attached hydrogen (secondary N) is 1. The molecule has 1 aromatic rings. The fourth-order valence-corrected chi connectivity index (χ4v) is 2.78. The maximum Gasteiger partial charge on any atom is 0.230 e. The number of thiophene rings is 1. The summed E-state index contributed by atoms with van der Waals surface area (Å²) in [6, 6.07) is 4.04. The zero-order chi connectivity index (χ0) is 12.7. The molecule has 0 fully saturated rings. The van der Waals surface area contributed by atoms with Crippen LogP contribution in [0.4, 0.5) is 0 Å². The van der Waals surface area contributed by atoms with Gasteiger partial charge in [-0.15, -0.1) is 23.1 Å². The zero-order valence-corrected chi connectivity index (χ0v) is 11.3. The monoisotopic (exact) mass is 272 g/mol. The van der Waals surface area contributed by atoms with Gasteiger partial charge in [0.05, 0.1) is 17.5 Å². The minimum atomic E-state index is -0.395. The maximum atomic E-state index is 11.6. The van der Waals surface area contributed by atoms with E-state index < -0.39 is 5.91 Å². The number of carbonyl (C=O) groups is 2. The molecule has 6 heteroatoms. The molecule has 0 saturated heterocycles. The third-order valence-corrected chi connectivity index (χ3v) is 4.05. The maximum absolute atomic E-state index is 11.6. The van der Waals surface area contributed by atoms with Gasteiger partial charge < -0.3 is 11.1 Å². The van der Waals surface area contributed by atoms with Crippen molar-refractivity contribution in [2.75, 3.05) is 11.5 Å². The molecule has 1 unspecified atom stereocenters. The quantitative estimate of drug-likeness (QED) is 0.790. The molecule has 0 aliphatic heterocycles. The molecule has 4 nitrogen and oxygen atoms in total. The highest BCUT2D eigenvalue weighted by Crippen LogP contribution is 2.21. The van der Waals surface area contributed by atoms with E-state index in [0.717, 1.165) is 11.3 Å². The van der Waals surface area contributed by atoms with Crippen molar-refractivity contribution in [3.05, 3.63) is 22.4 Å². The van der Waals surface area contributed by atoms with E-state index in [0.29, 0.717) is 0 Å². The van der Waals surface area contributed by atoms with Crippen molar-refractivity contribution >= 4 is 34.9 Å². The highest BCUT2D eigenvalue weighted by Gasteiger charge is 2.13. The molecule has 0 spiro atoms. The lowest BCUT2D eigenvalue weighted by Gasteiger charge is -2.15. The lowest BCUT2D eigenvalue weighted by molar-refractivity contribution is -0.119. The number of hydrogen-bond acceptors (Lipinski definition) is 4. The number of primary amides is 1. The number of hydrogen-bond donors (Lipinski definition) is 2. The molecule has 1 heterocycles. The van der Waals surface area contributed by atoms with Gasteiger partial charge in [0.25, 0.3) is 0 Å². The molecule has 1 atom stereocenters. The minimum absolute atomic E-state index is 0.0588. The van der Waals surface area contributed by atoms with Crippen LogP contribution < -0.4 is 11.1 Å². The van der Waals surface area contributed by atoms with Gasteiger partial charge in [0.1, 0.15) is 0 Å². The SMILES string of the molecule is CCC(NC(=O)CSCC(N)=O)c1cccs1. The highest BCUT2D eigenvalue weighted by molar-refractivity contribution is 8.00. The summed E-state index contributed by atoms with van der Waals surface area (Å²) >= 11 is 2.87. The molecule has 3 N–H and O–H groups in total. The standard InChI is InChI=1S/C11H16N2O2S2/c1-2-8(9-4-3-5-17-9)13-11(15)7-16-6-10(12)14/h3-5,8H,2,6-7H2,1H3,(H2,12,14)(H,13,15). The number of rotatable bonds is 7. The Morgan fingerprint density at radius 2 is 2.29 bits per heavy atom. The molecule has 2 amide bonds. The summed E-state index contributed by atoms with van der Waals surface area (Å²) in [5.74, 6) is -0.00167. The predicted octanol–water partition coefficient (Wildman–Crippen LogP) is 1.53. The number of nitrogens with two attached hydrogens (primary N) is 1. The largest absolute Gasteiger partial charge is 0.369 e. The van der Waals surface area contributed by atoms with Gasteiger partial charge in [0.15, 0.2) is 0 Å². The summed E-state index contributed by atoms with van der Waals surface area (Å²) in [5, 5.41) is 4.93. The average Bonchev–Trinajstić information content (AvgIpc) is 2.78. The molecular formula is C11H16N2O2S2. The Hall–Kier alpha value is -1.01. The van der Waals surface area contributed by atoms with Crippen molar-refractivity contribution in [1.29, 1.82) is 0 Å². The van der Waals surface area contributed by atoms with Crippen LogP contribution in [0.2, 0.25) is 0 Å². The Kier molecular flexibility index (Phi) is 6.07. The van der Waals surface area contributed by atoms with Gasteiger partial charge >= 0.3 is 0 Å². The topological polar surface area (TPSA) is 72.2 Å². The third-order valence-electron chi connectivity index (χ3n) is 2.11. The summed E-state index contributed by atoms with van der Waals surface area (Å²) in [6.07, 6.45) is 0.854. The van der Waals surface area contributed by atoms with Gasteiger partial charge in [-0.2, -0.15) is 0 Å². The Balaban J connectivity index is 2.36. The Morgan fingerprint density at radius 1 is 1.53 bits per heavy atom. The minimum Gasteiger partial charge on any atom is -0.369 e. The summed E-state index contributed by atoms with van der Waals surface area (Å²) in [5.41, 5.74) is 4.99. The molecule has 94 valence electrons. The van der Waals surface area contributed by atoms with Crippen molar-refractivity contribution in [2.24, 2.45) is 5.73 Å². The van der Waals surface area contributed by atoms with Crippen molar-refractivity contribution in [3.8, 4) is 0 Å². The molecule has 17 heavy (non-hydrogen) atoms. The fourth-order valence-electron chi connectivity index (χ4n) is 1.34. The molecule has 0 aliphatic carbocycles. The van der Waals surface area contributed by atoms with Crippen LogP contribution in [0.15, 0.2) is 17.5 Å². The second kappa shape index (κ2) is 7.34. The van der Waals surface area contributed by atoms with E-state index in [1.807, 2.05) is 24.4 Å². The van der Waals surface area contributed by atoms with Crippen LogP contribution in [0.5, 0.6) is 0 Å². The van der Waals surface area contributed by atoms with Crippen molar-refractivity contribution in [3.63, 3.8) is 0 Å². The number of carbonyl (C=O) groups excluding carboxylic acids is 2. The summed E-state index contributed by atoms with van der Waals surface area (Å²) in [4.78, 5) is 23.3. The fraction of sp³-hybridized carbons (Fsp3) is 0.455. The molecule has 0 aliphatic rings. The number of amides is 2. The normalized spacial score (nSPS) is 12.1. The van der Waals surface area contributed by atoms with Crippen molar-refractivity contribution < 1.29 is 9.59 Å². The molecule has 0 saturated carbocycles. The molecule has 1 aromatic heterocycles. The van der Waals surface area contributed by atoms with E-state index in [2.05, 4.69) is 5.32 Å². The molecule has 0 bridgehead atoms. The van der Waals surface area contributed by atoms with Gasteiger partial charge in [-0.05, 0) is 17.9 Å². The van der Waals surface area contributed by atoms with E-state index in [-0.39, 0.29) is 23.5 Å². The molecule has 1 rings (SSSR count). The van der Waals surface area contributed by atoms with Crippen molar-refractivity contribution in [1.82, 2.24) is 5.32 Å². The first-order valence-electron chi connectivity index (χ1n) is 5.32. The predicted molar refractivity (Wildman–Crippen MR) is 72.0 cm³/mol. The Labute approximate surface area is 109 Å². The smallest absolute Gasteiger partial charge is 0.230 e. The van der Waals surface area contributed by atoms with E-state index >= 15 is 0 Å². The summed E-state index contributed by atoms with van der Waals surface area (Å²) < 4.78 is 0. The van der Waals surface area contributed by atoms with Gasteiger partial charge in [0.2, 0.25) is 11.8 Å². The Morgan fingerprint density at radius 3 is 2.82 bits per heavy atom. The summed E-state index contributed by atoms with van der Waals surface area (Å²) in [7, 11) is 0.